The fraction of sp³-hybridized carbons (Fsp3) is 0.471. The molecule has 150 valence electrons. The van der Waals surface area contributed by atoms with E-state index >= 15 is 0 Å². The van der Waals surface area contributed by atoms with E-state index in [4.69, 9.17) is 4.52 Å². The van der Waals surface area contributed by atoms with E-state index in [0.717, 1.165) is 37.7 Å². The van der Waals surface area contributed by atoms with Gasteiger partial charge in [0.2, 0.25) is 0 Å². The second-order valence-corrected chi connectivity index (χ2v) is 6.53. The molecule has 2 N–H and O–H groups in total. The molecule has 8 nitrogen and oxygen atoms in total. The molecule has 3 rings (SSSR count). The summed E-state index contributed by atoms with van der Waals surface area (Å²) in [5.41, 5.74) is -1.51. The van der Waals surface area contributed by atoms with Crippen LogP contribution in [-0.4, -0.2) is 38.1 Å². The largest absolute Gasteiger partial charge is 0.480 e. The van der Waals surface area contributed by atoms with Crippen molar-refractivity contribution in [2.24, 2.45) is 5.92 Å². The minimum absolute atomic E-state index is 0.225. The second kappa shape index (κ2) is 7.95. The molecule has 0 unspecified atom stereocenters. The minimum Gasteiger partial charge on any atom is -0.480 e. The molecule has 1 aliphatic carbocycles. The smallest absolute Gasteiger partial charge is 0.417 e. The highest BCUT2D eigenvalue weighted by atomic mass is 19.4. The van der Waals surface area contributed by atoms with Crippen molar-refractivity contribution in [3.05, 3.63) is 29.8 Å². The molecule has 1 saturated carbocycles. The molecule has 11 heteroatoms. The predicted molar refractivity (Wildman–Crippen MR) is 88.0 cm³/mol. The zero-order valence-electron chi connectivity index (χ0n) is 14.6. The minimum atomic E-state index is -4.68. The first kappa shape index (κ1) is 19.8. The maximum Gasteiger partial charge on any atom is 0.417 e. The molecule has 0 saturated heterocycles. The molecule has 2 aromatic rings. The number of rotatable bonds is 5. The number of carboxylic acid groups (broad SMARTS) is 1. The Morgan fingerprint density at radius 2 is 1.96 bits per heavy atom. The molecule has 2 aromatic heterocycles. The molecule has 2 heterocycles. The number of hydrogen-bond acceptors (Lipinski definition) is 6. The van der Waals surface area contributed by atoms with E-state index in [1.807, 2.05) is 0 Å². The number of hydrogen-bond donors (Lipinski definition) is 2. The predicted octanol–water partition coefficient (Wildman–Crippen LogP) is 2.91. The summed E-state index contributed by atoms with van der Waals surface area (Å²) in [7, 11) is 0. The van der Waals surface area contributed by atoms with E-state index in [1.54, 1.807) is 0 Å². The molecule has 1 fully saturated rings. The zero-order chi connectivity index (χ0) is 20.3. The summed E-state index contributed by atoms with van der Waals surface area (Å²) in [4.78, 5) is 31.2. The van der Waals surface area contributed by atoms with E-state index in [0.29, 0.717) is 12.8 Å². The molecule has 0 radical (unpaired) electrons. The van der Waals surface area contributed by atoms with Crippen molar-refractivity contribution >= 4 is 11.9 Å². The van der Waals surface area contributed by atoms with Crippen LogP contribution < -0.4 is 5.32 Å². The number of nitrogens with one attached hydrogen (secondary N) is 1. The lowest BCUT2D eigenvalue weighted by Crippen LogP contribution is -2.46. The number of nitrogens with zero attached hydrogens (tertiary/aromatic N) is 3. The number of aliphatic carboxylic acids is 1. The lowest BCUT2D eigenvalue weighted by molar-refractivity contribution is -0.141. The van der Waals surface area contributed by atoms with Crippen LogP contribution in [0.15, 0.2) is 23.0 Å². The van der Waals surface area contributed by atoms with Crippen molar-refractivity contribution in [3.8, 4) is 11.5 Å². The number of amides is 1. The lowest BCUT2D eigenvalue weighted by atomic mass is 9.84. The third-order valence-electron chi connectivity index (χ3n) is 4.66. The van der Waals surface area contributed by atoms with E-state index in [-0.39, 0.29) is 5.92 Å². The maximum absolute atomic E-state index is 13.1. The zero-order valence-corrected chi connectivity index (χ0v) is 14.6. The summed E-state index contributed by atoms with van der Waals surface area (Å²) < 4.78 is 44.1. The monoisotopic (exact) mass is 398 g/mol. The summed E-state index contributed by atoms with van der Waals surface area (Å²) in [6, 6.07) is -0.373. The van der Waals surface area contributed by atoms with Crippen LogP contribution in [0.3, 0.4) is 0 Å². The topological polar surface area (TPSA) is 118 Å². The van der Waals surface area contributed by atoms with Gasteiger partial charge in [-0.25, -0.2) is 4.79 Å². The van der Waals surface area contributed by atoms with E-state index < -0.39 is 46.9 Å². The normalized spacial score (nSPS) is 16.5. The Bertz CT molecular complexity index is 862. The molecule has 0 bridgehead atoms. The molecular weight excluding hydrogens is 381 g/mol. The van der Waals surface area contributed by atoms with Crippen molar-refractivity contribution in [1.82, 2.24) is 20.4 Å². The average molecular weight is 398 g/mol. The summed E-state index contributed by atoms with van der Waals surface area (Å²) in [5.74, 6) is -3.41. The van der Waals surface area contributed by atoms with Crippen molar-refractivity contribution < 1.29 is 32.4 Å². The number of aromatic nitrogens is 3. The first-order valence-corrected chi connectivity index (χ1v) is 8.66. The summed E-state index contributed by atoms with van der Waals surface area (Å²) in [6.45, 7) is 0. The van der Waals surface area contributed by atoms with Gasteiger partial charge in [-0.15, -0.1) is 0 Å². The molecule has 0 spiro atoms. The van der Waals surface area contributed by atoms with Crippen molar-refractivity contribution in [1.29, 1.82) is 0 Å². The molecule has 28 heavy (non-hydrogen) atoms. The van der Waals surface area contributed by atoms with Gasteiger partial charge in [-0.3, -0.25) is 9.78 Å². The van der Waals surface area contributed by atoms with Crippen LogP contribution in [0.2, 0.25) is 0 Å². The number of carbonyl (C=O) groups is 2. The van der Waals surface area contributed by atoms with Crippen molar-refractivity contribution in [3.63, 3.8) is 0 Å². The second-order valence-electron chi connectivity index (χ2n) is 6.53. The molecule has 0 aromatic carbocycles. The van der Waals surface area contributed by atoms with Crippen molar-refractivity contribution in [2.75, 3.05) is 0 Å². The summed E-state index contributed by atoms with van der Waals surface area (Å²) >= 11 is 0. The Hall–Kier alpha value is -2.98. The molecular formula is C17H17F3N4O4. The van der Waals surface area contributed by atoms with Crippen LogP contribution in [0.1, 0.15) is 48.3 Å². The Labute approximate surface area is 157 Å². The Balaban J connectivity index is 1.80. The van der Waals surface area contributed by atoms with Crippen LogP contribution in [0.5, 0.6) is 0 Å². The number of halogens is 3. The van der Waals surface area contributed by atoms with Gasteiger partial charge in [-0.1, -0.05) is 24.4 Å². The van der Waals surface area contributed by atoms with Crippen LogP contribution in [-0.2, 0) is 11.0 Å². The molecule has 1 aliphatic rings. The van der Waals surface area contributed by atoms with Gasteiger partial charge in [-0.05, 0) is 24.8 Å². The molecule has 0 aliphatic heterocycles. The van der Waals surface area contributed by atoms with Gasteiger partial charge in [0.05, 0.1) is 11.1 Å². The third kappa shape index (κ3) is 4.29. The molecule has 1 atom stereocenters. The fourth-order valence-electron chi connectivity index (χ4n) is 3.29. The van der Waals surface area contributed by atoms with Crippen LogP contribution >= 0.6 is 0 Å². The highest BCUT2D eigenvalue weighted by molar-refractivity contribution is 5.93. The highest BCUT2D eigenvalue weighted by Gasteiger charge is 2.36. The quantitative estimate of drug-likeness (QED) is 0.795. The lowest BCUT2D eigenvalue weighted by Gasteiger charge is -2.27. The number of alkyl halides is 3. The van der Waals surface area contributed by atoms with E-state index in [9.17, 15) is 27.9 Å². The van der Waals surface area contributed by atoms with Crippen LogP contribution in [0, 0.1) is 5.92 Å². The summed E-state index contributed by atoms with van der Waals surface area (Å²) in [6.07, 6.45) is 1.29. The number of carbonyl (C=O) groups excluding carboxylic acids is 1. The van der Waals surface area contributed by atoms with E-state index in [1.165, 1.54) is 0 Å². The van der Waals surface area contributed by atoms with E-state index in [2.05, 4.69) is 20.4 Å². The van der Waals surface area contributed by atoms with Gasteiger partial charge in [0.25, 0.3) is 17.6 Å². The maximum atomic E-state index is 13.1. The van der Waals surface area contributed by atoms with Gasteiger partial charge in [-0.2, -0.15) is 18.2 Å². The van der Waals surface area contributed by atoms with Gasteiger partial charge in [0.15, 0.2) is 0 Å². The van der Waals surface area contributed by atoms with Gasteiger partial charge in [0, 0.05) is 12.4 Å². The third-order valence-corrected chi connectivity index (χ3v) is 4.66. The highest BCUT2D eigenvalue weighted by Crippen LogP contribution is 2.35. The average Bonchev–Trinajstić information content (AvgIpc) is 3.16. The Kier molecular flexibility index (Phi) is 5.61. The van der Waals surface area contributed by atoms with Gasteiger partial charge < -0.3 is 14.9 Å². The fourth-order valence-corrected chi connectivity index (χ4v) is 3.29. The van der Waals surface area contributed by atoms with Gasteiger partial charge >= 0.3 is 12.1 Å². The number of carboxylic acids is 1. The van der Waals surface area contributed by atoms with Crippen LogP contribution in [0.25, 0.3) is 11.5 Å². The summed E-state index contributed by atoms with van der Waals surface area (Å²) in [5, 5.41) is 15.2. The van der Waals surface area contributed by atoms with Gasteiger partial charge in [0.1, 0.15) is 6.04 Å². The standard InChI is InChI=1S/C17H17F3N4O4/c18-17(19,20)11-6-7-21-8-10(11)15-23-13(24-28-15)14(25)22-12(16(26)27)9-4-2-1-3-5-9/h6-9,12H,1-5H2,(H,22,25)(H,26,27)/t12-/m0/s1. The Morgan fingerprint density at radius 3 is 2.61 bits per heavy atom. The van der Waals surface area contributed by atoms with Crippen LogP contribution in [0.4, 0.5) is 13.2 Å². The van der Waals surface area contributed by atoms with Crippen molar-refractivity contribution in [2.45, 2.75) is 44.3 Å². The Morgan fingerprint density at radius 1 is 1.25 bits per heavy atom. The number of pyridine rings is 1. The first-order valence-electron chi connectivity index (χ1n) is 8.66. The SMILES string of the molecule is O=C(N[C@H](C(=O)O)C1CCCCC1)c1noc(-c2cnccc2C(F)(F)F)n1. The molecule has 1 amide bonds. The first-order chi connectivity index (χ1) is 13.3.